The molecular weight excluding hydrogens is 251 g/mol. The fraction of sp³-hybridized carbons (Fsp3) is 0.462. The highest BCUT2D eigenvalue weighted by Crippen LogP contribution is 2.14. The van der Waals surface area contributed by atoms with E-state index in [1.54, 1.807) is 0 Å². The van der Waals surface area contributed by atoms with Gasteiger partial charge in [-0.3, -0.25) is 0 Å². The minimum Gasteiger partial charge on any atom is -0.459 e. The van der Waals surface area contributed by atoms with Gasteiger partial charge in [-0.05, 0) is 25.2 Å². The number of hydrogen-bond donors (Lipinski definition) is 1. The highest BCUT2D eigenvalue weighted by Gasteiger charge is 2.21. The standard InChI is InChI=1S/C13H17FN2O3/c1-16-4-5-18-10(7-16)8-19-13(17)11-6-9(15)2-3-12(11)14/h2-3,6,10H,4-5,7-8,15H2,1H3. The number of anilines is 1. The SMILES string of the molecule is CN1CCOC(COC(=O)c2cc(N)ccc2F)C1. The number of nitrogens with two attached hydrogens (primary N) is 1. The van der Waals surface area contributed by atoms with Crippen LogP contribution in [0, 0.1) is 5.82 Å². The number of benzene rings is 1. The van der Waals surface area contributed by atoms with Crippen LogP contribution < -0.4 is 5.73 Å². The maximum Gasteiger partial charge on any atom is 0.341 e. The quantitative estimate of drug-likeness (QED) is 0.651. The van der Waals surface area contributed by atoms with E-state index in [4.69, 9.17) is 15.2 Å². The summed E-state index contributed by atoms with van der Waals surface area (Å²) in [5, 5.41) is 0. The van der Waals surface area contributed by atoms with E-state index in [2.05, 4.69) is 4.90 Å². The van der Waals surface area contributed by atoms with Crippen molar-refractivity contribution in [3.05, 3.63) is 29.6 Å². The van der Waals surface area contributed by atoms with Gasteiger partial charge in [0.15, 0.2) is 0 Å². The van der Waals surface area contributed by atoms with E-state index < -0.39 is 11.8 Å². The molecule has 2 N–H and O–H groups in total. The van der Waals surface area contributed by atoms with Crippen molar-refractivity contribution in [2.24, 2.45) is 0 Å². The molecule has 1 atom stereocenters. The van der Waals surface area contributed by atoms with E-state index >= 15 is 0 Å². The number of hydrogen-bond acceptors (Lipinski definition) is 5. The second kappa shape index (κ2) is 5.99. The summed E-state index contributed by atoms with van der Waals surface area (Å²) in [6, 6.07) is 3.81. The number of nitrogens with zero attached hydrogens (tertiary/aromatic N) is 1. The minimum atomic E-state index is -0.721. The lowest BCUT2D eigenvalue weighted by molar-refractivity contribution is -0.0529. The highest BCUT2D eigenvalue weighted by atomic mass is 19.1. The van der Waals surface area contributed by atoms with Crippen LogP contribution in [0.15, 0.2) is 18.2 Å². The van der Waals surface area contributed by atoms with Gasteiger partial charge in [-0.1, -0.05) is 0 Å². The van der Waals surface area contributed by atoms with E-state index in [1.165, 1.54) is 12.1 Å². The fourth-order valence-electron chi connectivity index (χ4n) is 1.91. The topological polar surface area (TPSA) is 64.8 Å². The Morgan fingerprint density at radius 2 is 2.42 bits per heavy atom. The van der Waals surface area contributed by atoms with E-state index in [0.29, 0.717) is 18.8 Å². The average Bonchev–Trinajstić information content (AvgIpc) is 2.39. The molecule has 1 aromatic carbocycles. The molecule has 0 radical (unpaired) electrons. The zero-order valence-electron chi connectivity index (χ0n) is 10.8. The number of carbonyl (C=O) groups excluding carboxylic acids is 1. The molecule has 1 aliphatic heterocycles. The van der Waals surface area contributed by atoms with E-state index in [-0.39, 0.29) is 18.3 Å². The normalized spacial score (nSPS) is 20.2. The number of halogens is 1. The molecule has 104 valence electrons. The monoisotopic (exact) mass is 268 g/mol. The van der Waals surface area contributed by atoms with Gasteiger partial charge in [-0.15, -0.1) is 0 Å². The number of rotatable bonds is 3. The van der Waals surface area contributed by atoms with Crippen molar-refractivity contribution in [1.82, 2.24) is 4.90 Å². The van der Waals surface area contributed by atoms with Gasteiger partial charge in [-0.2, -0.15) is 0 Å². The molecule has 0 aromatic heterocycles. The molecule has 1 unspecified atom stereocenters. The molecule has 1 heterocycles. The molecule has 2 rings (SSSR count). The first kappa shape index (κ1) is 13.8. The van der Waals surface area contributed by atoms with Crippen LogP contribution in [0.25, 0.3) is 0 Å². The van der Waals surface area contributed by atoms with Crippen LogP contribution in [0.4, 0.5) is 10.1 Å². The summed E-state index contributed by atoms with van der Waals surface area (Å²) in [4.78, 5) is 13.8. The molecule has 1 aliphatic rings. The molecule has 0 bridgehead atoms. The van der Waals surface area contributed by atoms with Gasteiger partial charge in [0.1, 0.15) is 18.5 Å². The molecule has 19 heavy (non-hydrogen) atoms. The molecule has 0 saturated carbocycles. The number of carbonyl (C=O) groups is 1. The van der Waals surface area contributed by atoms with Crippen LogP contribution in [-0.4, -0.2) is 50.3 Å². The van der Waals surface area contributed by atoms with Crippen LogP contribution in [-0.2, 0) is 9.47 Å². The van der Waals surface area contributed by atoms with Crippen molar-refractivity contribution in [1.29, 1.82) is 0 Å². The third-order valence-electron chi connectivity index (χ3n) is 2.95. The summed E-state index contributed by atoms with van der Waals surface area (Å²) < 4.78 is 24.0. The first-order valence-corrected chi connectivity index (χ1v) is 6.08. The number of ether oxygens (including phenoxy) is 2. The van der Waals surface area contributed by atoms with Gasteiger partial charge in [0.2, 0.25) is 0 Å². The Balaban J connectivity index is 1.92. The Bertz CT molecular complexity index is 467. The number of likely N-dealkylation sites (N-methyl/N-ethyl adjacent to an activating group) is 1. The lowest BCUT2D eigenvalue weighted by Crippen LogP contribution is -2.42. The summed E-state index contributed by atoms with van der Waals surface area (Å²) in [7, 11) is 1.97. The van der Waals surface area contributed by atoms with Crippen LogP contribution >= 0.6 is 0 Å². The predicted molar refractivity (Wildman–Crippen MR) is 68.3 cm³/mol. The molecule has 0 aliphatic carbocycles. The van der Waals surface area contributed by atoms with Crippen molar-refractivity contribution >= 4 is 11.7 Å². The minimum absolute atomic E-state index is 0.109. The lowest BCUT2D eigenvalue weighted by Gasteiger charge is -2.29. The lowest BCUT2D eigenvalue weighted by atomic mass is 10.2. The fourth-order valence-corrected chi connectivity index (χ4v) is 1.91. The summed E-state index contributed by atoms with van der Waals surface area (Å²) in [5.74, 6) is -1.36. The van der Waals surface area contributed by atoms with Crippen molar-refractivity contribution < 1.29 is 18.7 Å². The van der Waals surface area contributed by atoms with E-state index in [9.17, 15) is 9.18 Å². The van der Waals surface area contributed by atoms with Gasteiger partial charge in [0, 0.05) is 18.8 Å². The number of nitrogen functional groups attached to an aromatic ring is 1. The van der Waals surface area contributed by atoms with Crippen LogP contribution in [0.5, 0.6) is 0 Å². The van der Waals surface area contributed by atoms with E-state index in [1.807, 2.05) is 7.05 Å². The summed E-state index contributed by atoms with van der Waals surface area (Å²) in [5.41, 5.74) is 5.69. The Hall–Kier alpha value is -1.66. The zero-order chi connectivity index (χ0) is 13.8. The first-order chi connectivity index (χ1) is 9.06. The highest BCUT2D eigenvalue weighted by molar-refractivity contribution is 5.90. The van der Waals surface area contributed by atoms with Gasteiger partial charge in [-0.25, -0.2) is 9.18 Å². The molecule has 1 saturated heterocycles. The maximum atomic E-state index is 13.5. The molecule has 0 spiro atoms. The third-order valence-corrected chi connectivity index (χ3v) is 2.95. The van der Waals surface area contributed by atoms with Gasteiger partial charge in [0.25, 0.3) is 0 Å². The van der Waals surface area contributed by atoms with Crippen molar-refractivity contribution in [3.8, 4) is 0 Å². The molecule has 0 amide bonds. The molecule has 5 nitrogen and oxygen atoms in total. The smallest absolute Gasteiger partial charge is 0.341 e. The molecular formula is C13H17FN2O3. The molecule has 1 aromatic rings. The summed E-state index contributed by atoms with van der Waals surface area (Å²) in [6.07, 6.45) is -0.174. The molecule has 6 heteroatoms. The zero-order valence-corrected chi connectivity index (χ0v) is 10.8. The Kier molecular flexibility index (Phi) is 4.34. The Morgan fingerprint density at radius 3 is 3.16 bits per heavy atom. The van der Waals surface area contributed by atoms with Crippen LogP contribution in [0.3, 0.4) is 0 Å². The largest absolute Gasteiger partial charge is 0.459 e. The van der Waals surface area contributed by atoms with Crippen molar-refractivity contribution in [2.75, 3.05) is 39.1 Å². The van der Waals surface area contributed by atoms with Gasteiger partial charge >= 0.3 is 5.97 Å². The van der Waals surface area contributed by atoms with Gasteiger partial charge in [0.05, 0.1) is 12.2 Å². The summed E-state index contributed by atoms with van der Waals surface area (Å²) >= 11 is 0. The number of morpholine rings is 1. The maximum absolute atomic E-state index is 13.5. The van der Waals surface area contributed by atoms with Crippen molar-refractivity contribution in [3.63, 3.8) is 0 Å². The summed E-state index contributed by atoms with van der Waals surface area (Å²) in [6.45, 7) is 2.25. The Morgan fingerprint density at radius 1 is 1.63 bits per heavy atom. The van der Waals surface area contributed by atoms with Crippen molar-refractivity contribution in [2.45, 2.75) is 6.10 Å². The van der Waals surface area contributed by atoms with Crippen LogP contribution in [0.2, 0.25) is 0 Å². The molecule has 1 fully saturated rings. The van der Waals surface area contributed by atoms with Gasteiger partial charge < -0.3 is 20.1 Å². The predicted octanol–water partition coefficient (Wildman–Crippen LogP) is 0.895. The first-order valence-electron chi connectivity index (χ1n) is 6.08. The Labute approximate surface area is 111 Å². The average molecular weight is 268 g/mol. The second-order valence-electron chi connectivity index (χ2n) is 4.59. The van der Waals surface area contributed by atoms with Crippen LogP contribution in [0.1, 0.15) is 10.4 Å². The number of esters is 1. The second-order valence-corrected chi connectivity index (χ2v) is 4.59. The third kappa shape index (κ3) is 3.65. The van der Waals surface area contributed by atoms with E-state index in [0.717, 1.165) is 12.6 Å².